The predicted molar refractivity (Wildman–Crippen MR) is 97.7 cm³/mol. The van der Waals surface area contributed by atoms with Crippen molar-refractivity contribution in [3.63, 3.8) is 0 Å². The van der Waals surface area contributed by atoms with E-state index < -0.39 is 0 Å². The molecule has 0 aliphatic carbocycles. The van der Waals surface area contributed by atoms with Crippen LogP contribution in [0, 0.1) is 6.92 Å². The molecular weight excluding hydrogens is 336 g/mol. The second-order valence-corrected chi connectivity index (χ2v) is 6.20. The molecule has 128 valence electrons. The fraction of sp³-hybridized carbons (Fsp3) is 0.167. The van der Waals surface area contributed by atoms with E-state index >= 15 is 0 Å². The highest BCUT2D eigenvalue weighted by atomic mass is 32.1. The molecule has 2 aromatic heterocycles. The Balaban J connectivity index is 1.56. The number of anilines is 1. The van der Waals surface area contributed by atoms with Gasteiger partial charge in [-0.2, -0.15) is 0 Å². The molecule has 7 heteroatoms. The van der Waals surface area contributed by atoms with E-state index in [2.05, 4.69) is 20.6 Å². The predicted octanol–water partition coefficient (Wildman–Crippen LogP) is 3.75. The van der Waals surface area contributed by atoms with Gasteiger partial charge in [0.15, 0.2) is 5.13 Å². The standard InChI is InChI=1S/C18H18N4O2S/c1-13-12-25-18(21-13)22-17(23)20-10-15-8-5-9-19-16(15)24-11-14-6-3-2-4-7-14/h2-9,12H,10-11H2,1H3,(H2,20,21,22,23). The number of aryl methyl sites for hydroxylation is 1. The fourth-order valence-corrected chi connectivity index (χ4v) is 2.83. The zero-order valence-electron chi connectivity index (χ0n) is 13.7. The van der Waals surface area contributed by atoms with E-state index in [9.17, 15) is 4.79 Å². The first-order valence-corrected chi connectivity index (χ1v) is 8.66. The minimum atomic E-state index is -0.313. The maximum absolute atomic E-state index is 12.0. The van der Waals surface area contributed by atoms with Crippen LogP contribution in [0.4, 0.5) is 9.93 Å². The quantitative estimate of drug-likeness (QED) is 0.707. The van der Waals surface area contributed by atoms with E-state index in [1.54, 1.807) is 6.20 Å². The Morgan fingerprint density at radius 2 is 2.04 bits per heavy atom. The number of hydrogen-bond acceptors (Lipinski definition) is 5. The summed E-state index contributed by atoms with van der Waals surface area (Å²) in [5.41, 5.74) is 2.75. The highest BCUT2D eigenvalue weighted by Gasteiger charge is 2.09. The summed E-state index contributed by atoms with van der Waals surface area (Å²) in [6.45, 7) is 2.62. The third kappa shape index (κ3) is 5.02. The normalized spacial score (nSPS) is 10.3. The van der Waals surface area contributed by atoms with Gasteiger partial charge in [0.05, 0.1) is 5.69 Å². The largest absolute Gasteiger partial charge is 0.473 e. The molecule has 3 aromatic rings. The molecule has 1 aromatic carbocycles. The number of carbonyl (C=O) groups excluding carboxylic acids is 1. The van der Waals surface area contributed by atoms with Gasteiger partial charge in [-0.25, -0.2) is 14.8 Å². The third-order valence-corrected chi connectivity index (χ3v) is 4.22. The highest BCUT2D eigenvalue weighted by molar-refractivity contribution is 7.13. The maximum atomic E-state index is 12.0. The number of hydrogen-bond donors (Lipinski definition) is 2. The van der Waals surface area contributed by atoms with Crippen molar-refractivity contribution in [2.24, 2.45) is 0 Å². The van der Waals surface area contributed by atoms with Crippen LogP contribution in [0.3, 0.4) is 0 Å². The number of pyridine rings is 1. The first-order chi connectivity index (χ1) is 12.2. The molecule has 0 bridgehead atoms. The number of rotatable bonds is 6. The Labute approximate surface area is 149 Å². The van der Waals surface area contributed by atoms with Crippen molar-refractivity contribution in [2.75, 3.05) is 5.32 Å². The number of benzene rings is 1. The first kappa shape index (κ1) is 16.9. The highest BCUT2D eigenvalue weighted by Crippen LogP contribution is 2.17. The van der Waals surface area contributed by atoms with Gasteiger partial charge in [-0.15, -0.1) is 11.3 Å². The third-order valence-electron chi connectivity index (χ3n) is 3.35. The molecule has 0 saturated carbocycles. The van der Waals surface area contributed by atoms with Gasteiger partial charge in [0.2, 0.25) is 5.88 Å². The lowest BCUT2D eigenvalue weighted by molar-refractivity contribution is 0.251. The summed E-state index contributed by atoms with van der Waals surface area (Å²) in [5, 5.41) is 7.95. The molecule has 2 amide bonds. The molecule has 0 unspecified atom stereocenters. The molecule has 0 atom stereocenters. The molecule has 0 radical (unpaired) electrons. The zero-order chi connectivity index (χ0) is 17.5. The average Bonchev–Trinajstić information content (AvgIpc) is 3.04. The molecule has 0 aliphatic rings. The molecule has 3 rings (SSSR count). The van der Waals surface area contributed by atoms with Gasteiger partial charge in [-0.3, -0.25) is 5.32 Å². The van der Waals surface area contributed by atoms with Crippen LogP contribution in [-0.4, -0.2) is 16.0 Å². The van der Waals surface area contributed by atoms with Gasteiger partial charge in [-0.05, 0) is 18.6 Å². The lowest BCUT2D eigenvalue weighted by atomic mass is 10.2. The molecular formula is C18H18N4O2S. The Morgan fingerprint density at radius 1 is 1.20 bits per heavy atom. The van der Waals surface area contributed by atoms with Crippen molar-refractivity contribution in [1.82, 2.24) is 15.3 Å². The summed E-state index contributed by atoms with van der Waals surface area (Å²) in [6.07, 6.45) is 1.67. The molecule has 0 saturated heterocycles. The van der Waals surface area contributed by atoms with Crippen molar-refractivity contribution in [3.05, 3.63) is 70.9 Å². The van der Waals surface area contributed by atoms with Crippen LogP contribution in [0.2, 0.25) is 0 Å². The minimum Gasteiger partial charge on any atom is -0.473 e. The van der Waals surface area contributed by atoms with Crippen molar-refractivity contribution < 1.29 is 9.53 Å². The Kier molecular flexibility index (Phi) is 5.58. The monoisotopic (exact) mass is 354 g/mol. The van der Waals surface area contributed by atoms with Gasteiger partial charge in [0.25, 0.3) is 0 Å². The van der Waals surface area contributed by atoms with Crippen LogP contribution >= 0.6 is 11.3 Å². The number of thiazole rings is 1. The lowest BCUT2D eigenvalue weighted by Gasteiger charge is -2.11. The smallest absolute Gasteiger partial charge is 0.321 e. The number of carbonyl (C=O) groups is 1. The van der Waals surface area contributed by atoms with Gasteiger partial charge in [-0.1, -0.05) is 36.4 Å². The molecule has 2 heterocycles. The van der Waals surface area contributed by atoms with Crippen LogP contribution in [0.1, 0.15) is 16.8 Å². The molecule has 6 nitrogen and oxygen atoms in total. The van der Waals surface area contributed by atoms with Crippen molar-refractivity contribution in [1.29, 1.82) is 0 Å². The van der Waals surface area contributed by atoms with E-state index in [0.717, 1.165) is 16.8 Å². The average molecular weight is 354 g/mol. The second kappa shape index (κ2) is 8.25. The summed E-state index contributed by atoms with van der Waals surface area (Å²) >= 11 is 1.39. The number of nitrogens with one attached hydrogen (secondary N) is 2. The van der Waals surface area contributed by atoms with Gasteiger partial charge < -0.3 is 10.1 Å². The van der Waals surface area contributed by atoms with Gasteiger partial charge >= 0.3 is 6.03 Å². The molecule has 0 spiro atoms. The summed E-state index contributed by atoms with van der Waals surface area (Å²) in [6, 6.07) is 13.2. The van der Waals surface area contributed by atoms with Crippen molar-refractivity contribution in [3.8, 4) is 5.88 Å². The molecule has 2 N–H and O–H groups in total. The van der Waals surface area contributed by atoms with E-state index in [1.165, 1.54) is 11.3 Å². The van der Waals surface area contributed by atoms with E-state index in [4.69, 9.17) is 4.74 Å². The number of aromatic nitrogens is 2. The topological polar surface area (TPSA) is 76.1 Å². The maximum Gasteiger partial charge on any atom is 0.321 e. The van der Waals surface area contributed by atoms with Crippen LogP contribution in [0.5, 0.6) is 5.88 Å². The lowest BCUT2D eigenvalue weighted by Crippen LogP contribution is -2.28. The molecule has 0 aliphatic heterocycles. The Hall–Kier alpha value is -2.93. The van der Waals surface area contributed by atoms with E-state index in [0.29, 0.717) is 24.2 Å². The summed E-state index contributed by atoms with van der Waals surface area (Å²) < 4.78 is 5.78. The number of urea groups is 1. The summed E-state index contributed by atoms with van der Waals surface area (Å²) in [7, 11) is 0. The summed E-state index contributed by atoms with van der Waals surface area (Å²) in [4.78, 5) is 20.4. The van der Waals surface area contributed by atoms with Crippen LogP contribution in [0.25, 0.3) is 0 Å². The number of ether oxygens (including phenoxy) is 1. The summed E-state index contributed by atoms with van der Waals surface area (Å²) in [5.74, 6) is 0.511. The SMILES string of the molecule is Cc1csc(NC(=O)NCc2cccnc2OCc2ccccc2)n1. The molecule has 0 fully saturated rings. The first-order valence-electron chi connectivity index (χ1n) is 7.78. The van der Waals surface area contributed by atoms with E-state index in [1.807, 2.05) is 54.8 Å². The number of nitrogens with zero attached hydrogens (tertiary/aromatic N) is 2. The van der Waals surface area contributed by atoms with Crippen LogP contribution in [-0.2, 0) is 13.2 Å². The van der Waals surface area contributed by atoms with Crippen molar-refractivity contribution in [2.45, 2.75) is 20.1 Å². The second-order valence-electron chi connectivity index (χ2n) is 5.34. The Morgan fingerprint density at radius 3 is 2.80 bits per heavy atom. The Bertz CT molecular complexity index is 836. The van der Waals surface area contributed by atoms with Gasteiger partial charge in [0, 0.05) is 23.7 Å². The van der Waals surface area contributed by atoms with Gasteiger partial charge in [0.1, 0.15) is 6.61 Å². The molecule has 25 heavy (non-hydrogen) atoms. The minimum absolute atomic E-state index is 0.313. The van der Waals surface area contributed by atoms with Crippen LogP contribution in [0.15, 0.2) is 54.0 Å². The number of amides is 2. The zero-order valence-corrected chi connectivity index (χ0v) is 14.5. The fourth-order valence-electron chi connectivity index (χ4n) is 2.14. The van der Waals surface area contributed by atoms with E-state index in [-0.39, 0.29) is 6.03 Å². The van der Waals surface area contributed by atoms with Crippen molar-refractivity contribution >= 4 is 22.5 Å². The van der Waals surface area contributed by atoms with Crippen LogP contribution < -0.4 is 15.4 Å².